The summed E-state index contributed by atoms with van der Waals surface area (Å²) in [5.41, 5.74) is 2.20. The molecular weight excluding hydrogens is 304 g/mol. The average molecular weight is 327 g/mol. The molecule has 1 aliphatic rings. The van der Waals surface area contributed by atoms with E-state index in [0.29, 0.717) is 6.04 Å². The minimum absolute atomic E-state index is 0.415. The molecule has 19 heavy (non-hydrogen) atoms. The molecule has 0 radical (unpaired) electrons. The first kappa shape index (κ1) is 14.8. The molecule has 0 amide bonds. The SMILES string of the molecule is CC(O)c1ccc(N2CCCC2CN(C)C)c(Br)c1. The lowest BCUT2D eigenvalue weighted by atomic mass is 10.1. The van der Waals surface area contributed by atoms with E-state index < -0.39 is 6.10 Å². The third-order valence-electron chi connectivity index (χ3n) is 3.72. The predicted octanol–water partition coefficient (Wildman–Crippen LogP) is 3.03. The lowest BCUT2D eigenvalue weighted by molar-refractivity contribution is 0.199. The molecule has 2 atom stereocenters. The second kappa shape index (κ2) is 6.25. The van der Waals surface area contributed by atoms with E-state index in [4.69, 9.17) is 0 Å². The van der Waals surface area contributed by atoms with Crippen LogP contribution in [0.15, 0.2) is 22.7 Å². The largest absolute Gasteiger partial charge is 0.389 e. The molecule has 1 N–H and O–H groups in total. The highest BCUT2D eigenvalue weighted by molar-refractivity contribution is 9.10. The Kier molecular flexibility index (Phi) is 4.87. The van der Waals surface area contributed by atoms with Crippen molar-refractivity contribution >= 4 is 21.6 Å². The number of aliphatic hydroxyl groups excluding tert-OH is 1. The molecule has 0 bridgehead atoms. The summed E-state index contributed by atoms with van der Waals surface area (Å²) >= 11 is 3.65. The first-order valence-electron chi connectivity index (χ1n) is 6.88. The van der Waals surface area contributed by atoms with Gasteiger partial charge in [-0.15, -0.1) is 0 Å². The van der Waals surface area contributed by atoms with Crippen molar-refractivity contribution in [3.63, 3.8) is 0 Å². The van der Waals surface area contributed by atoms with E-state index in [9.17, 15) is 5.11 Å². The summed E-state index contributed by atoms with van der Waals surface area (Å²) in [7, 11) is 4.25. The van der Waals surface area contributed by atoms with Gasteiger partial charge in [-0.1, -0.05) is 6.07 Å². The minimum Gasteiger partial charge on any atom is -0.389 e. The Morgan fingerprint density at radius 3 is 2.79 bits per heavy atom. The summed E-state index contributed by atoms with van der Waals surface area (Å²) in [6.07, 6.45) is 2.09. The third kappa shape index (κ3) is 3.50. The molecule has 2 rings (SSSR count). The maximum Gasteiger partial charge on any atom is 0.0762 e. The average Bonchev–Trinajstić information content (AvgIpc) is 2.75. The van der Waals surface area contributed by atoms with Gasteiger partial charge in [0.2, 0.25) is 0 Å². The maximum atomic E-state index is 9.63. The number of anilines is 1. The Bertz CT molecular complexity index is 434. The zero-order valence-corrected chi connectivity index (χ0v) is 13.5. The first-order chi connectivity index (χ1) is 8.99. The molecule has 1 saturated heterocycles. The fourth-order valence-electron chi connectivity index (χ4n) is 2.78. The Hall–Kier alpha value is -0.580. The topological polar surface area (TPSA) is 26.7 Å². The Morgan fingerprint density at radius 1 is 1.47 bits per heavy atom. The fraction of sp³-hybridized carbons (Fsp3) is 0.600. The molecule has 4 heteroatoms. The van der Waals surface area contributed by atoms with Crippen LogP contribution >= 0.6 is 15.9 Å². The van der Waals surface area contributed by atoms with Crippen molar-refractivity contribution < 1.29 is 5.11 Å². The normalized spacial score (nSPS) is 21.2. The number of benzene rings is 1. The Balaban J connectivity index is 2.21. The second-order valence-corrected chi connectivity index (χ2v) is 6.49. The zero-order valence-electron chi connectivity index (χ0n) is 11.9. The highest BCUT2D eigenvalue weighted by Gasteiger charge is 2.26. The minimum atomic E-state index is -0.415. The lowest BCUT2D eigenvalue weighted by Crippen LogP contribution is -2.37. The lowest BCUT2D eigenvalue weighted by Gasteiger charge is -2.30. The number of rotatable bonds is 4. The molecule has 0 aromatic heterocycles. The molecule has 0 saturated carbocycles. The van der Waals surface area contributed by atoms with Crippen molar-refractivity contribution in [1.82, 2.24) is 4.90 Å². The molecule has 1 heterocycles. The van der Waals surface area contributed by atoms with Crippen molar-refractivity contribution in [2.45, 2.75) is 31.9 Å². The zero-order chi connectivity index (χ0) is 14.0. The molecule has 0 spiro atoms. The Labute approximate surface area is 124 Å². The van der Waals surface area contributed by atoms with E-state index in [1.165, 1.54) is 18.5 Å². The third-order valence-corrected chi connectivity index (χ3v) is 4.35. The van der Waals surface area contributed by atoms with Crippen LogP contribution in [-0.4, -0.2) is 43.2 Å². The van der Waals surface area contributed by atoms with Gasteiger partial charge < -0.3 is 14.9 Å². The molecule has 0 aliphatic carbocycles. The number of likely N-dealkylation sites (N-methyl/N-ethyl adjacent to an activating group) is 1. The van der Waals surface area contributed by atoms with Crippen LogP contribution in [0.5, 0.6) is 0 Å². The van der Waals surface area contributed by atoms with E-state index >= 15 is 0 Å². The molecule has 106 valence electrons. The molecule has 1 aliphatic heterocycles. The van der Waals surface area contributed by atoms with E-state index in [-0.39, 0.29) is 0 Å². The predicted molar refractivity (Wildman–Crippen MR) is 83.7 cm³/mol. The molecule has 1 aromatic rings. The quantitative estimate of drug-likeness (QED) is 0.921. The van der Waals surface area contributed by atoms with Crippen LogP contribution in [0, 0.1) is 0 Å². The van der Waals surface area contributed by atoms with Crippen molar-refractivity contribution in [3.8, 4) is 0 Å². The summed E-state index contributed by atoms with van der Waals surface area (Å²) < 4.78 is 1.08. The first-order valence-corrected chi connectivity index (χ1v) is 7.67. The maximum absolute atomic E-state index is 9.63. The van der Waals surface area contributed by atoms with Gasteiger partial charge in [0.05, 0.1) is 11.8 Å². The monoisotopic (exact) mass is 326 g/mol. The van der Waals surface area contributed by atoms with Crippen molar-refractivity contribution in [2.75, 3.05) is 32.1 Å². The van der Waals surface area contributed by atoms with Crippen LogP contribution in [-0.2, 0) is 0 Å². The number of aliphatic hydroxyl groups is 1. The van der Waals surface area contributed by atoms with Crippen LogP contribution in [0.4, 0.5) is 5.69 Å². The summed E-state index contributed by atoms with van der Waals surface area (Å²) in [5.74, 6) is 0. The summed E-state index contributed by atoms with van der Waals surface area (Å²) in [4.78, 5) is 4.73. The highest BCUT2D eigenvalue weighted by Crippen LogP contribution is 2.34. The van der Waals surface area contributed by atoms with Crippen LogP contribution in [0.1, 0.15) is 31.4 Å². The van der Waals surface area contributed by atoms with E-state index in [1.807, 2.05) is 12.1 Å². The van der Waals surface area contributed by atoms with Gasteiger partial charge in [0, 0.05) is 23.6 Å². The van der Waals surface area contributed by atoms with Crippen molar-refractivity contribution in [2.24, 2.45) is 0 Å². The number of halogens is 1. The van der Waals surface area contributed by atoms with Gasteiger partial charge in [0.1, 0.15) is 0 Å². The van der Waals surface area contributed by atoms with Gasteiger partial charge >= 0.3 is 0 Å². The molecule has 1 fully saturated rings. The van der Waals surface area contributed by atoms with Gasteiger partial charge in [-0.3, -0.25) is 0 Å². The fourth-order valence-corrected chi connectivity index (χ4v) is 3.40. The highest BCUT2D eigenvalue weighted by atomic mass is 79.9. The van der Waals surface area contributed by atoms with Gasteiger partial charge in [-0.05, 0) is 67.5 Å². The van der Waals surface area contributed by atoms with Gasteiger partial charge in [-0.25, -0.2) is 0 Å². The van der Waals surface area contributed by atoms with Crippen LogP contribution in [0.25, 0.3) is 0 Å². The second-order valence-electron chi connectivity index (χ2n) is 5.64. The van der Waals surface area contributed by atoms with E-state index in [1.54, 1.807) is 6.92 Å². The van der Waals surface area contributed by atoms with Gasteiger partial charge in [0.15, 0.2) is 0 Å². The van der Waals surface area contributed by atoms with Crippen molar-refractivity contribution in [3.05, 3.63) is 28.2 Å². The Morgan fingerprint density at radius 2 is 2.21 bits per heavy atom. The van der Waals surface area contributed by atoms with Gasteiger partial charge in [-0.2, -0.15) is 0 Å². The molecule has 1 aromatic carbocycles. The van der Waals surface area contributed by atoms with Crippen LogP contribution in [0.3, 0.4) is 0 Å². The smallest absolute Gasteiger partial charge is 0.0762 e. The standard InChI is InChI=1S/C15H23BrN2O/c1-11(19)12-6-7-15(14(16)9-12)18-8-4-5-13(18)10-17(2)3/h6-7,9,11,13,19H,4-5,8,10H2,1-3H3. The van der Waals surface area contributed by atoms with Crippen molar-refractivity contribution in [1.29, 1.82) is 0 Å². The number of nitrogens with zero attached hydrogens (tertiary/aromatic N) is 2. The molecular formula is C15H23BrN2O. The summed E-state index contributed by atoms with van der Waals surface area (Å²) in [5, 5.41) is 9.63. The summed E-state index contributed by atoms with van der Waals surface area (Å²) in [6.45, 7) is 4.00. The van der Waals surface area contributed by atoms with E-state index in [0.717, 1.165) is 23.1 Å². The van der Waals surface area contributed by atoms with E-state index in [2.05, 4.69) is 45.9 Å². The number of hydrogen-bond donors (Lipinski definition) is 1. The summed E-state index contributed by atoms with van der Waals surface area (Å²) in [6, 6.07) is 6.77. The van der Waals surface area contributed by atoms with Crippen LogP contribution in [0.2, 0.25) is 0 Å². The molecule has 2 unspecified atom stereocenters. The number of hydrogen-bond acceptors (Lipinski definition) is 3. The van der Waals surface area contributed by atoms with Gasteiger partial charge in [0.25, 0.3) is 0 Å². The van der Waals surface area contributed by atoms with Crippen LogP contribution < -0.4 is 4.90 Å². The molecule has 3 nitrogen and oxygen atoms in total.